The van der Waals surface area contributed by atoms with Crippen LogP contribution in [0.5, 0.6) is 0 Å². The van der Waals surface area contributed by atoms with Crippen LogP contribution < -0.4 is 10.6 Å². The second-order valence-electron chi connectivity index (χ2n) is 5.95. The molecule has 2 N–H and O–H groups in total. The van der Waals surface area contributed by atoms with Gasteiger partial charge in [-0.2, -0.15) is 0 Å². The number of hydrogen-bond donors (Lipinski definition) is 2. The van der Waals surface area contributed by atoms with E-state index in [2.05, 4.69) is 10.6 Å². The number of para-hydroxylation sites is 2. The maximum Gasteiger partial charge on any atom is 0.412 e. The van der Waals surface area contributed by atoms with Crippen LogP contribution in [0.15, 0.2) is 60.7 Å². The molecule has 2 aromatic carbocycles. The Morgan fingerprint density at radius 2 is 1.11 bits per heavy atom. The molecular weight excluding hydrogens is 372 g/mol. The second-order valence-corrected chi connectivity index (χ2v) is 8.10. The third-order valence-corrected chi connectivity index (χ3v) is 5.48. The molecule has 0 saturated carbocycles. The van der Waals surface area contributed by atoms with Crippen molar-refractivity contribution in [3.05, 3.63) is 60.7 Å². The van der Waals surface area contributed by atoms with Crippen molar-refractivity contribution in [2.24, 2.45) is 0 Å². The molecule has 1 heterocycles. The fourth-order valence-electron chi connectivity index (χ4n) is 2.62. The molecule has 1 saturated heterocycles. The number of sulfone groups is 1. The lowest BCUT2D eigenvalue weighted by atomic mass is 10.2. The molecule has 2 atom stereocenters. The summed E-state index contributed by atoms with van der Waals surface area (Å²) >= 11 is 0. The van der Waals surface area contributed by atoms with Crippen LogP contribution in [0.3, 0.4) is 0 Å². The highest BCUT2D eigenvalue weighted by Gasteiger charge is 2.43. The Hall–Kier alpha value is -3.07. The molecule has 1 aliphatic heterocycles. The highest BCUT2D eigenvalue weighted by molar-refractivity contribution is 7.91. The van der Waals surface area contributed by atoms with Crippen LogP contribution >= 0.6 is 0 Å². The van der Waals surface area contributed by atoms with Crippen molar-refractivity contribution in [3.8, 4) is 0 Å². The number of carbonyl (C=O) groups excluding carboxylic acids is 2. The number of carbonyl (C=O) groups is 2. The first-order valence-electron chi connectivity index (χ1n) is 8.17. The summed E-state index contributed by atoms with van der Waals surface area (Å²) in [5, 5.41) is 5.00. The summed E-state index contributed by atoms with van der Waals surface area (Å²) in [5.74, 6) is -0.809. The number of nitrogens with one attached hydrogen (secondary N) is 2. The highest BCUT2D eigenvalue weighted by atomic mass is 32.2. The quantitative estimate of drug-likeness (QED) is 0.830. The molecule has 0 radical (unpaired) electrons. The Kier molecular flexibility index (Phi) is 5.60. The Labute approximate surface area is 156 Å². The molecule has 8 nitrogen and oxygen atoms in total. The first kappa shape index (κ1) is 18.7. The Bertz CT molecular complexity index is 832. The summed E-state index contributed by atoms with van der Waals surface area (Å²) in [6, 6.07) is 17.1. The summed E-state index contributed by atoms with van der Waals surface area (Å²) in [6.07, 6.45) is -3.80. The minimum Gasteiger partial charge on any atom is -0.441 e. The van der Waals surface area contributed by atoms with Gasteiger partial charge in [-0.05, 0) is 24.3 Å². The molecule has 0 aliphatic carbocycles. The lowest BCUT2D eigenvalue weighted by Crippen LogP contribution is -2.36. The topological polar surface area (TPSA) is 111 Å². The molecule has 1 fully saturated rings. The largest absolute Gasteiger partial charge is 0.441 e. The predicted octanol–water partition coefficient (Wildman–Crippen LogP) is 2.65. The monoisotopic (exact) mass is 390 g/mol. The van der Waals surface area contributed by atoms with Crippen molar-refractivity contribution in [1.82, 2.24) is 0 Å². The van der Waals surface area contributed by atoms with Crippen LogP contribution in [0.25, 0.3) is 0 Å². The van der Waals surface area contributed by atoms with Gasteiger partial charge in [-0.1, -0.05) is 36.4 Å². The molecule has 27 heavy (non-hydrogen) atoms. The maximum atomic E-state index is 12.0. The minimum absolute atomic E-state index is 0.404. The van der Waals surface area contributed by atoms with Crippen LogP contribution in [-0.4, -0.2) is 44.3 Å². The summed E-state index contributed by atoms with van der Waals surface area (Å²) in [6.45, 7) is 0. The zero-order valence-electron chi connectivity index (χ0n) is 14.2. The number of amides is 2. The summed E-state index contributed by atoms with van der Waals surface area (Å²) in [7, 11) is -3.49. The number of rotatable bonds is 4. The van der Waals surface area contributed by atoms with Crippen LogP contribution in [0.4, 0.5) is 21.0 Å². The van der Waals surface area contributed by atoms with Crippen molar-refractivity contribution in [1.29, 1.82) is 0 Å². The highest BCUT2D eigenvalue weighted by Crippen LogP contribution is 2.21. The van der Waals surface area contributed by atoms with Gasteiger partial charge in [-0.15, -0.1) is 0 Å². The van der Waals surface area contributed by atoms with Gasteiger partial charge in [0.05, 0.1) is 11.5 Å². The van der Waals surface area contributed by atoms with Gasteiger partial charge in [-0.3, -0.25) is 10.6 Å². The minimum atomic E-state index is -3.49. The number of hydrogen-bond acceptors (Lipinski definition) is 6. The van der Waals surface area contributed by atoms with Crippen LogP contribution in [0.2, 0.25) is 0 Å². The SMILES string of the molecule is O=C(Nc1ccccc1)OC1CS(=O)(=O)CC1OC(=O)Nc1ccccc1. The Morgan fingerprint density at radius 1 is 0.741 bits per heavy atom. The molecule has 2 aromatic rings. The van der Waals surface area contributed by atoms with Gasteiger partial charge in [0, 0.05) is 11.4 Å². The van der Waals surface area contributed by atoms with Crippen molar-refractivity contribution < 1.29 is 27.5 Å². The van der Waals surface area contributed by atoms with Gasteiger partial charge in [0.2, 0.25) is 0 Å². The summed E-state index contributed by atoms with van der Waals surface area (Å²) < 4.78 is 34.2. The molecule has 142 valence electrons. The first-order valence-corrected chi connectivity index (χ1v) is 9.99. The fraction of sp³-hybridized carbons (Fsp3) is 0.222. The molecule has 9 heteroatoms. The van der Waals surface area contributed by atoms with Crippen LogP contribution in [-0.2, 0) is 19.3 Å². The van der Waals surface area contributed by atoms with Crippen LogP contribution in [0, 0.1) is 0 Å². The maximum absolute atomic E-state index is 12.0. The summed E-state index contributed by atoms with van der Waals surface area (Å²) in [5.41, 5.74) is 1.00. The van der Waals surface area contributed by atoms with E-state index in [0.29, 0.717) is 11.4 Å². The van der Waals surface area contributed by atoms with Crippen LogP contribution in [0.1, 0.15) is 0 Å². The van der Waals surface area contributed by atoms with E-state index in [1.54, 1.807) is 60.7 Å². The van der Waals surface area contributed by atoms with E-state index in [9.17, 15) is 18.0 Å². The van der Waals surface area contributed by atoms with Gasteiger partial charge in [0.15, 0.2) is 22.0 Å². The van der Waals surface area contributed by atoms with Gasteiger partial charge < -0.3 is 9.47 Å². The zero-order chi connectivity index (χ0) is 19.3. The van der Waals surface area contributed by atoms with Crippen molar-refractivity contribution in [2.45, 2.75) is 12.2 Å². The molecular formula is C18H18N2O6S. The van der Waals surface area contributed by atoms with Crippen molar-refractivity contribution >= 4 is 33.4 Å². The van der Waals surface area contributed by atoms with E-state index >= 15 is 0 Å². The van der Waals surface area contributed by atoms with E-state index in [4.69, 9.17) is 9.47 Å². The third kappa shape index (κ3) is 5.45. The molecule has 0 aromatic heterocycles. The molecule has 0 spiro atoms. The van der Waals surface area contributed by atoms with Gasteiger partial charge in [0.1, 0.15) is 0 Å². The number of anilines is 2. The predicted molar refractivity (Wildman–Crippen MR) is 99.3 cm³/mol. The lowest BCUT2D eigenvalue weighted by Gasteiger charge is -2.19. The van der Waals surface area contributed by atoms with E-state index in [0.717, 1.165) is 0 Å². The first-order chi connectivity index (χ1) is 12.9. The second kappa shape index (κ2) is 8.09. The molecule has 2 unspecified atom stereocenters. The fourth-order valence-corrected chi connectivity index (χ4v) is 4.32. The average Bonchev–Trinajstić information content (AvgIpc) is 2.89. The van der Waals surface area contributed by atoms with Gasteiger partial charge in [0.25, 0.3) is 0 Å². The zero-order valence-corrected chi connectivity index (χ0v) is 15.0. The van der Waals surface area contributed by atoms with Gasteiger partial charge >= 0.3 is 12.2 Å². The average molecular weight is 390 g/mol. The standard InChI is InChI=1S/C18H18N2O6S/c21-17(19-13-7-3-1-4-8-13)25-15-11-27(23,24)12-16(15)26-18(22)20-14-9-5-2-6-10-14/h1-10,15-16H,11-12H2,(H,19,21)(H,20,22). The number of benzene rings is 2. The lowest BCUT2D eigenvalue weighted by molar-refractivity contribution is 0.0278. The van der Waals surface area contributed by atoms with E-state index in [-0.39, 0.29) is 0 Å². The summed E-state index contributed by atoms with van der Waals surface area (Å²) in [4.78, 5) is 24.0. The Balaban J connectivity index is 1.60. The smallest absolute Gasteiger partial charge is 0.412 e. The normalized spacial score (nSPS) is 20.4. The third-order valence-electron chi connectivity index (χ3n) is 3.81. The van der Waals surface area contributed by atoms with E-state index < -0.39 is 45.7 Å². The van der Waals surface area contributed by atoms with E-state index in [1.165, 1.54) is 0 Å². The van der Waals surface area contributed by atoms with Crippen molar-refractivity contribution in [2.75, 3.05) is 22.1 Å². The molecule has 1 aliphatic rings. The van der Waals surface area contributed by atoms with Gasteiger partial charge in [-0.25, -0.2) is 18.0 Å². The molecule has 2 amide bonds. The van der Waals surface area contributed by atoms with E-state index in [1.807, 2.05) is 0 Å². The molecule has 3 rings (SSSR count). The molecule has 0 bridgehead atoms. The Morgan fingerprint density at radius 3 is 1.48 bits per heavy atom. The number of ether oxygens (including phenoxy) is 2. The van der Waals surface area contributed by atoms with Crippen molar-refractivity contribution in [3.63, 3.8) is 0 Å².